The van der Waals surface area contributed by atoms with Gasteiger partial charge in [0.15, 0.2) is 0 Å². The van der Waals surface area contributed by atoms with Crippen LogP contribution < -0.4 is 10.2 Å². The summed E-state index contributed by atoms with van der Waals surface area (Å²) in [7, 11) is 0. The molecule has 0 aromatic carbocycles. The van der Waals surface area contributed by atoms with Crippen LogP contribution in [0, 0.1) is 5.92 Å². The number of nitrogens with one attached hydrogen (secondary N) is 1. The molecule has 0 bridgehead atoms. The second kappa shape index (κ2) is 7.58. The van der Waals surface area contributed by atoms with Gasteiger partial charge in [-0.25, -0.2) is 9.97 Å². The molecular weight excluding hydrogens is 350 g/mol. The largest absolute Gasteiger partial charge is 0.356 e. The maximum atomic E-state index is 12.1. The minimum Gasteiger partial charge on any atom is -0.356 e. The summed E-state index contributed by atoms with van der Waals surface area (Å²) < 4.78 is 0. The Balaban J connectivity index is 1.25. The van der Waals surface area contributed by atoms with Crippen LogP contribution in [0.2, 0.25) is 5.02 Å². The van der Waals surface area contributed by atoms with E-state index in [-0.39, 0.29) is 12.3 Å². The molecule has 1 amide bonds. The Hall–Kier alpha value is -2.21. The normalized spacial score (nSPS) is 19.6. The topological polar surface area (TPSA) is 71.0 Å². The SMILES string of the molecule is O=C(Cc1ccc(Cl)cn1)NCC1CCN(c2ccnc(C3CC3)n2)C1. The predicted molar refractivity (Wildman–Crippen MR) is 100 cm³/mol. The first-order valence-corrected chi connectivity index (χ1v) is 9.50. The first-order valence-electron chi connectivity index (χ1n) is 9.12. The maximum Gasteiger partial charge on any atom is 0.226 e. The molecule has 0 spiro atoms. The average molecular weight is 372 g/mol. The summed E-state index contributed by atoms with van der Waals surface area (Å²) in [6.07, 6.45) is 7.19. The molecule has 1 N–H and O–H groups in total. The zero-order chi connectivity index (χ0) is 17.9. The molecule has 1 atom stereocenters. The summed E-state index contributed by atoms with van der Waals surface area (Å²) in [5, 5.41) is 3.61. The van der Waals surface area contributed by atoms with E-state index in [9.17, 15) is 4.79 Å². The quantitative estimate of drug-likeness (QED) is 0.845. The molecule has 2 aromatic rings. The molecular formula is C19H22ClN5O. The van der Waals surface area contributed by atoms with Gasteiger partial charge in [-0.3, -0.25) is 9.78 Å². The van der Waals surface area contributed by atoms with Crippen LogP contribution in [-0.4, -0.2) is 40.5 Å². The van der Waals surface area contributed by atoms with Gasteiger partial charge in [-0.15, -0.1) is 0 Å². The molecule has 26 heavy (non-hydrogen) atoms. The molecule has 4 rings (SSSR count). The van der Waals surface area contributed by atoms with E-state index in [0.717, 1.165) is 36.8 Å². The Morgan fingerprint density at radius 3 is 2.88 bits per heavy atom. The van der Waals surface area contributed by atoms with Crippen LogP contribution in [0.5, 0.6) is 0 Å². The van der Waals surface area contributed by atoms with E-state index in [0.29, 0.717) is 23.4 Å². The third kappa shape index (κ3) is 4.30. The molecule has 1 saturated carbocycles. The highest BCUT2D eigenvalue weighted by molar-refractivity contribution is 6.30. The van der Waals surface area contributed by atoms with Gasteiger partial charge in [-0.2, -0.15) is 0 Å². The zero-order valence-corrected chi connectivity index (χ0v) is 15.3. The van der Waals surface area contributed by atoms with E-state index in [1.807, 2.05) is 12.3 Å². The van der Waals surface area contributed by atoms with E-state index < -0.39 is 0 Å². The van der Waals surface area contributed by atoms with Crippen molar-refractivity contribution in [2.24, 2.45) is 5.92 Å². The van der Waals surface area contributed by atoms with Crippen molar-refractivity contribution in [2.75, 3.05) is 24.5 Å². The van der Waals surface area contributed by atoms with E-state index >= 15 is 0 Å². The number of hydrogen-bond acceptors (Lipinski definition) is 5. The van der Waals surface area contributed by atoms with Crippen LogP contribution in [-0.2, 0) is 11.2 Å². The minimum absolute atomic E-state index is 0.00340. The van der Waals surface area contributed by atoms with Gasteiger partial charge in [-0.1, -0.05) is 11.6 Å². The van der Waals surface area contributed by atoms with Crippen molar-refractivity contribution in [3.8, 4) is 0 Å². The Morgan fingerprint density at radius 1 is 1.23 bits per heavy atom. The van der Waals surface area contributed by atoms with Crippen molar-refractivity contribution in [3.63, 3.8) is 0 Å². The number of halogens is 1. The van der Waals surface area contributed by atoms with Crippen LogP contribution >= 0.6 is 11.6 Å². The minimum atomic E-state index is -0.00340. The van der Waals surface area contributed by atoms with Gasteiger partial charge in [0.2, 0.25) is 5.91 Å². The fraction of sp³-hybridized carbons (Fsp3) is 0.474. The fourth-order valence-electron chi connectivity index (χ4n) is 3.28. The molecule has 1 saturated heterocycles. The highest BCUT2D eigenvalue weighted by Gasteiger charge is 2.28. The molecule has 3 heterocycles. The molecule has 2 aromatic heterocycles. The number of hydrogen-bond donors (Lipinski definition) is 1. The first-order chi connectivity index (χ1) is 12.7. The van der Waals surface area contributed by atoms with Crippen LogP contribution in [0.15, 0.2) is 30.6 Å². The molecule has 6 nitrogen and oxygen atoms in total. The summed E-state index contributed by atoms with van der Waals surface area (Å²) in [4.78, 5) is 27.7. The van der Waals surface area contributed by atoms with Crippen molar-refractivity contribution >= 4 is 23.3 Å². The van der Waals surface area contributed by atoms with Crippen molar-refractivity contribution in [2.45, 2.75) is 31.6 Å². The molecule has 2 aliphatic rings. The van der Waals surface area contributed by atoms with Crippen molar-refractivity contribution in [1.82, 2.24) is 20.3 Å². The lowest BCUT2D eigenvalue weighted by molar-refractivity contribution is -0.120. The maximum absolute atomic E-state index is 12.1. The van der Waals surface area contributed by atoms with E-state index in [1.54, 1.807) is 18.3 Å². The molecule has 0 radical (unpaired) electrons. The van der Waals surface area contributed by atoms with Crippen molar-refractivity contribution in [1.29, 1.82) is 0 Å². The monoisotopic (exact) mass is 371 g/mol. The number of anilines is 1. The van der Waals surface area contributed by atoms with Crippen LogP contribution in [0.25, 0.3) is 0 Å². The van der Waals surface area contributed by atoms with Crippen molar-refractivity contribution in [3.05, 3.63) is 47.1 Å². The summed E-state index contributed by atoms with van der Waals surface area (Å²) in [5.41, 5.74) is 0.730. The van der Waals surface area contributed by atoms with Gasteiger partial charge < -0.3 is 10.2 Å². The number of carbonyl (C=O) groups excluding carboxylic acids is 1. The number of carbonyl (C=O) groups is 1. The second-order valence-corrected chi connectivity index (χ2v) is 7.53. The summed E-state index contributed by atoms with van der Waals surface area (Å²) in [6, 6.07) is 5.52. The Bertz CT molecular complexity index is 778. The number of rotatable bonds is 6. The van der Waals surface area contributed by atoms with Crippen molar-refractivity contribution < 1.29 is 4.79 Å². The third-order valence-electron chi connectivity index (χ3n) is 4.93. The smallest absolute Gasteiger partial charge is 0.226 e. The lowest BCUT2D eigenvalue weighted by Gasteiger charge is -2.18. The molecule has 7 heteroatoms. The summed E-state index contributed by atoms with van der Waals surface area (Å²) in [5.74, 6) is 3.00. The van der Waals surface area contributed by atoms with Gasteiger partial charge in [0.05, 0.1) is 11.4 Å². The average Bonchev–Trinajstić information content (AvgIpc) is 3.40. The Morgan fingerprint density at radius 2 is 2.12 bits per heavy atom. The molecule has 1 unspecified atom stereocenters. The summed E-state index contributed by atoms with van der Waals surface area (Å²) in [6.45, 7) is 2.57. The van der Waals surface area contributed by atoms with E-state index in [4.69, 9.17) is 16.6 Å². The number of aromatic nitrogens is 3. The van der Waals surface area contributed by atoms with E-state index in [2.05, 4.69) is 20.2 Å². The Labute approximate surface area is 158 Å². The first kappa shape index (κ1) is 17.2. The lowest BCUT2D eigenvalue weighted by atomic mass is 10.1. The van der Waals surface area contributed by atoms with Crippen LogP contribution in [0.3, 0.4) is 0 Å². The van der Waals surface area contributed by atoms with E-state index in [1.165, 1.54) is 12.8 Å². The van der Waals surface area contributed by atoms with Gasteiger partial charge in [-0.05, 0) is 43.4 Å². The number of nitrogens with zero attached hydrogens (tertiary/aromatic N) is 4. The number of amides is 1. The second-order valence-electron chi connectivity index (χ2n) is 7.10. The molecule has 1 aliphatic carbocycles. The highest BCUT2D eigenvalue weighted by atomic mass is 35.5. The zero-order valence-electron chi connectivity index (χ0n) is 14.6. The van der Waals surface area contributed by atoms with Gasteiger partial charge in [0.25, 0.3) is 0 Å². The number of pyridine rings is 1. The highest BCUT2D eigenvalue weighted by Crippen LogP contribution is 2.38. The van der Waals surface area contributed by atoms with Crippen LogP contribution in [0.4, 0.5) is 5.82 Å². The molecule has 136 valence electrons. The molecule has 2 fully saturated rings. The van der Waals surface area contributed by atoms with Gasteiger partial charge in [0, 0.05) is 43.6 Å². The predicted octanol–water partition coefficient (Wildman–Crippen LogP) is 2.59. The lowest BCUT2D eigenvalue weighted by Crippen LogP contribution is -2.32. The molecule has 1 aliphatic heterocycles. The summed E-state index contributed by atoms with van der Waals surface area (Å²) >= 11 is 5.81. The standard InChI is InChI=1S/C19H22ClN5O/c20-15-3-4-16(22-11-15)9-18(26)23-10-13-6-8-25(12-13)17-5-7-21-19(24-17)14-1-2-14/h3-5,7,11,13-14H,1-2,6,8-10,12H2,(H,23,26). The van der Waals surface area contributed by atoms with Crippen LogP contribution in [0.1, 0.15) is 36.7 Å². The third-order valence-corrected chi connectivity index (χ3v) is 5.15. The van der Waals surface area contributed by atoms with Gasteiger partial charge >= 0.3 is 0 Å². The Kier molecular flexibility index (Phi) is 5.02. The van der Waals surface area contributed by atoms with Gasteiger partial charge in [0.1, 0.15) is 11.6 Å². The fourth-order valence-corrected chi connectivity index (χ4v) is 3.39.